The summed E-state index contributed by atoms with van der Waals surface area (Å²) in [5, 5.41) is 38.1. The van der Waals surface area contributed by atoms with E-state index in [0.29, 0.717) is 33.0 Å². The number of nitrogens with two attached hydrogens (primary N) is 1. The number of carbonyl (C=O) groups is 5. The Labute approximate surface area is 429 Å². The number of furan rings is 6. The fourth-order valence-electron chi connectivity index (χ4n) is 3.22. The van der Waals surface area contributed by atoms with Gasteiger partial charge < -0.3 is 53.0 Å². The van der Waals surface area contributed by atoms with Gasteiger partial charge in [0.2, 0.25) is 17.3 Å². The molecule has 0 amide bonds. The minimum absolute atomic E-state index is 0. The standard InChI is InChI=1S/C5HBr2N3O3.C5H2BrN3O3.C5H6BrNO.C5H3BrO2.C5H3N3O3.C5H3N3O2.Br2.H2O.H2S/c6-1-2(9-10-8)3(5(11)12)13-4(1)7;6-2-1-12-4(5(10)11)3(2)8-9-7;1-3-5(7)4(6)2-8-3;6-4-1-2-8-5(4)3-7;6-8-7-3-1-2-11-4(3)5(9)10;6-8-7-4-1-2-10-5(4)3-9;1-2;;/h(H,11,12);1H,(H,10,11);2H,7H2,1H3;1-3H;1-2H,(H,9,10);1-3H;;2*1H2. The number of halogens is 7. The first-order chi connectivity index (χ1) is 30.4. The van der Waals surface area contributed by atoms with E-state index < -0.39 is 23.7 Å². The number of azide groups is 4. The highest BCUT2D eigenvalue weighted by Gasteiger charge is 2.21. The van der Waals surface area contributed by atoms with Crippen LogP contribution in [0.3, 0.4) is 0 Å². The number of hydrogen-bond donors (Lipinski definition) is 4. The molecule has 28 nitrogen and oxygen atoms in total. The summed E-state index contributed by atoms with van der Waals surface area (Å²) in [5.41, 5.74) is 38.4. The Hall–Kier alpha value is -5.86. The quantitative estimate of drug-likeness (QED) is 0.0452. The van der Waals surface area contributed by atoms with Crippen molar-refractivity contribution >= 4 is 180 Å². The number of aldehydes is 2. The summed E-state index contributed by atoms with van der Waals surface area (Å²) >= 11 is 20.7. The van der Waals surface area contributed by atoms with Crippen LogP contribution in [0.4, 0.5) is 28.4 Å². The van der Waals surface area contributed by atoms with Gasteiger partial charge in [0.05, 0.1) is 53.7 Å². The first kappa shape index (κ1) is 64.4. The van der Waals surface area contributed by atoms with Crippen molar-refractivity contribution in [3.8, 4) is 0 Å². The molecule has 0 fully saturated rings. The number of rotatable bonds is 9. The molecule has 6 aromatic heterocycles. The smallest absolute Gasteiger partial charge is 0.372 e. The molecule has 66 heavy (non-hydrogen) atoms. The maximum atomic E-state index is 10.5. The highest BCUT2D eigenvalue weighted by Crippen LogP contribution is 2.39. The summed E-state index contributed by atoms with van der Waals surface area (Å²) in [6, 6.07) is 4.37. The highest BCUT2D eigenvalue weighted by atomic mass is 80.9. The molecular formula is C30H22Br7N13O15S. The molecule has 0 saturated carbocycles. The summed E-state index contributed by atoms with van der Waals surface area (Å²) < 4.78 is 30.4. The van der Waals surface area contributed by atoms with Gasteiger partial charge >= 0.3 is 17.9 Å². The topological polar surface area (TPSA) is 477 Å². The molecule has 0 saturated heterocycles. The Bertz CT molecular complexity index is 2690. The lowest BCUT2D eigenvalue weighted by atomic mass is 10.4. The van der Waals surface area contributed by atoms with E-state index in [-0.39, 0.29) is 68.1 Å². The first-order valence-electron chi connectivity index (χ1n) is 15.0. The van der Waals surface area contributed by atoms with E-state index in [4.69, 9.17) is 56.4 Å². The van der Waals surface area contributed by atoms with Gasteiger partial charge in [0.25, 0.3) is 0 Å². The van der Waals surface area contributed by atoms with Crippen LogP contribution in [0, 0.1) is 6.92 Å². The van der Waals surface area contributed by atoms with E-state index in [1.54, 1.807) is 12.3 Å². The molecule has 0 aliphatic rings. The SMILES string of the molecule is BrBr.Cc1occ(Br)c1N.O.O=Cc1occc1Br.S.[N-]=[N+]=Nc1c(Br)coc1C(=O)O.[N-]=[N+]=Nc1c(C(=O)O)oc(Br)c1Br.[N-]=[N+]=Nc1ccoc1C(=O)O.[N-]=[N+]=Nc1ccoc1C=O. The van der Waals surface area contributed by atoms with E-state index in [9.17, 15) is 24.0 Å². The van der Waals surface area contributed by atoms with E-state index in [0.717, 1.165) is 22.8 Å². The monoisotopic (exact) mass is 1390 g/mol. The number of anilines is 1. The van der Waals surface area contributed by atoms with Crippen LogP contribution in [0.1, 0.15) is 58.5 Å². The second-order valence-electron chi connectivity index (χ2n) is 9.53. The molecule has 0 aliphatic carbocycles. The number of aryl methyl sites for hydroxylation is 1. The van der Waals surface area contributed by atoms with E-state index in [2.05, 4.69) is 161 Å². The van der Waals surface area contributed by atoms with Gasteiger partial charge in [0.15, 0.2) is 28.8 Å². The van der Waals surface area contributed by atoms with Crippen molar-refractivity contribution in [3.05, 3.63) is 148 Å². The maximum absolute atomic E-state index is 10.5. The second kappa shape index (κ2) is 35.4. The van der Waals surface area contributed by atoms with Crippen LogP contribution in [-0.2, 0) is 0 Å². The Balaban J connectivity index is -0.000000717. The van der Waals surface area contributed by atoms with Crippen LogP contribution in [0.2, 0.25) is 0 Å². The number of nitrogens with zero attached hydrogens (tertiary/aromatic N) is 12. The van der Waals surface area contributed by atoms with Gasteiger partial charge in [-0.2, -0.15) is 13.5 Å². The van der Waals surface area contributed by atoms with Crippen LogP contribution in [0.15, 0.2) is 119 Å². The molecule has 0 atom stereocenters. The molecule has 0 aliphatic heterocycles. The van der Waals surface area contributed by atoms with Crippen molar-refractivity contribution in [2.75, 3.05) is 5.73 Å². The summed E-state index contributed by atoms with van der Waals surface area (Å²) in [6.07, 6.45) is 7.75. The third-order valence-corrected chi connectivity index (χ3v) is 9.50. The summed E-state index contributed by atoms with van der Waals surface area (Å²) in [5.74, 6) is -3.80. The Morgan fingerprint density at radius 1 is 0.621 bits per heavy atom. The summed E-state index contributed by atoms with van der Waals surface area (Å²) in [7, 11) is 0. The van der Waals surface area contributed by atoms with Crippen molar-refractivity contribution < 1.29 is 71.3 Å². The molecule has 352 valence electrons. The lowest BCUT2D eigenvalue weighted by Gasteiger charge is -1.87. The molecule has 0 bridgehead atoms. The van der Waals surface area contributed by atoms with Crippen LogP contribution in [0.25, 0.3) is 41.8 Å². The van der Waals surface area contributed by atoms with E-state index in [1.165, 1.54) is 24.7 Å². The molecule has 7 N–H and O–H groups in total. The van der Waals surface area contributed by atoms with Crippen molar-refractivity contribution in [3.63, 3.8) is 0 Å². The molecule has 0 aromatic carbocycles. The molecule has 6 rings (SSSR count). The minimum Gasteiger partial charge on any atom is -0.475 e. The van der Waals surface area contributed by atoms with Crippen LogP contribution in [0.5, 0.6) is 0 Å². The highest BCUT2D eigenvalue weighted by molar-refractivity contribution is 9.93. The lowest BCUT2D eigenvalue weighted by Crippen LogP contribution is -1.92. The summed E-state index contributed by atoms with van der Waals surface area (Å²) in [6.45, 7) is 1.82. The average Bonchev–Trinajstić information content (AvgIpc) is 4.15. The minimum atomic E-state index is -1.30. The zero-order chi connectivity index (χ0) is 48.9. The van der Waals surface area contributed by atoms with Gasteiger partial charge in [-0.05, 0) is 127 Å². The van der Waals surface area contributed by atoms with Gasteiger partial charge in [-0.25, -0.2) is 14.4 Å². The largest absolute Gasteiger partial charge is 0.475 e. The number of carboxylic acid groups (broad SMARTS) is 3. The van der Waals surface area contributed by atoms with Crippen molar-refractivity contribution in [2.24, 2.45) is 20.5 Å². The normalized spacial score (nSPS) is 8.61. The molecule has 6 aromatic rings. The van der Waals surface area contributed by atoms with Gasteiger partial charge in [0, 0.05) is 47.9 Å². The van der Waals surface area contributed by atoms with Crippen LogP contribution in [-0.4, -0.2) is 51.3 Å². The molecule has 0 radical (unpaired) electrons. The van der Waals surface area contributed by atoms with Gasteiger partial charge in [-0.15, -0.1) is 0 Å². The number of nitrogen functional groups attached to an aromatic ring is 1. The summed E-state index contributed by atoms with van der Waals surface area (Å²) in [4.78, 5) is 61.1. The number of hydrogen-bond acceptors (Lipinski definition) is 16. The average molecular weight is 1400 g/mol. The zero-order valence-electron chi connectivity index (χ0n) is 31.7. The molecular weight excluding hydrogens is 1370 g/mol. The third kappa shape index (κ3) is 21.4. The van der Waals surface area contributed by atoms with Crippen molar-refractivity contribution in [2.45, 2.75) is 6.92 Å². The third-order valence-electron chi connectivity index (χ3n) is 5.84. The Morgan fingerprint density at radius 3 is 1.48 bits per heavy atom. The number of carboxylic acids is 3. The van der Waals surface area contributed by atoms with Gasteiger partial charge in [-0.1, -0.05) is 20.5 Å². The maximum Gasteiger partial charge on any atom is 0.372 e. The zero-order valence-corrected chi connectivity index (χ0v) is 43.8. The Morgan fingerprint density at radius 2 is 1.08 bits per heavy atom. The predicted molar refractivity (Wildman–Crippen MR) is 259 cm³/mol. The van der Waals surface area contributed by atoms with Gasteiger partial charge in [0.1, 0.15) is 29.7 Å². The molecule has 0 spiro atoms. The first-order valence-corrected chi connectivity index (χ1v) is 22.7. The number of carbonyl (C=O) groups excluding carboxylic acids is 2. The fourth-order valence-corrected chi connectivity index (χ4v) is 4.93. The van der Waals surface area contributed by atoms with Gasteiger partial charge in [-0.3, -0.25) is 9.59 Å². The van der Waals surface area contributed by atoms with Crippen molar-refractivity contribution in [1.29, 1.82) is 0 Å². The Kier molecular flexibility index (Phi) is 34.6. The van der Waals surface area contributed by atoms with Crippen LogP contribution < -0.4 is 5.73 Å². The second-order valence-corrected chi connectivity index (χ2v) is 13.6. The molecule has 6 heterocycles. The van der Waals surface area contributed by atoms with E-state index in [1.807, 2.05) is 6.92 Å². The number of aromatic carboxylic acids is 3. The molecule has 0 unspecified atom stereocenters. The van der Waals surface area contributed by atoms with Crippen LogP contribution >= 0.6 is 121 Å². The fraction of sp³-hybridized carbons (Fsp3) is 0.0333. The molecule has 36 heteroatoms. The lowest BCUT2D eigenvalue weighted by molar-refractivity contribution is 0.0652. The van der Waals surface area contributed by atoms with E-state index >= 15 is 0 Å². The van der Waals surface area contributed by atoms with Crippen molar-refractivity contribution in [1.82, 2.24) is 0 Å². The predicted octanol–water partition coefficient (Wildman–Crippen LogP) is 14.8.